The summed E-state index contributed by atoms with van der Waals surface area (Å²) in [5.74, 6) is 0. The van der Waals surface area contributed by atoms with Crippen molar-refractivity contribution in [3.8, 4) is 0 Å². The maximum atomic E-state index is 9.57. The van der Waals surface area contributed by atoms with Crippen LogP contribution in [0.25, 0.3) is 11.0 Å². The van der Waals surface area contributed by atoms with Gasteiger partial charge in [-0.1, -0.05) is 19.6 Å². The molecule has 4 heteroatoms. The average molecular weight is 234 g/mol. The minimum atomic E-state index is -1.46. The zero-order chi connectivity index (χ0) is 11.9. The highest BCUT2D eigenvalue weighted by molar-refractivity contribution is 6.88. The number of pyridine rings is 1. The van der Waals surface area contributed by atoms with Gasteiger partial charge in [0.2, 0.25) is 0 Å². The Kier molecular flexibility index (Phi) is 2.63. The zero-order valence-electron chi connectivity index (χ0n) is 10.3. The van der Waals surface area contributed by atoms with Gasteiger partial charge in [0.1, 0.15) is 5.65 Å². The number of rotatable bonds is 2. The van der Waals surface area contributed by atoms with E-state index >= 15 is 0 Å². The van der Waals surface area contributed by atoms with Crippen LogP contribution in [0.15, 0.2) is 18.3 Å². The second kappa shape index (κ2) is 3.71. The van der Waals surface area contributed by atoms with Crippen LogP contribution in [0.3, 0.4) is 0 Å². The molecule has 1 N–H and O–H groups in total. The molecule has 0 saturated heterocycles. The maximum Gasteiger partial charge on any atom is 0.139 e. The summed E-state index contributed by atoms with van der Waals surface area (Å²) in [6.45, 7) is 6.98. The highest BCUT2D eigenvalue weighted by Crippen LogP contribution is 2.20. The molecule has 0 saturated carbocycles. The lowest BCUT2D eigenvalue weighted by molar-refractivity contribution is 0.284. The van der Waals surface area contributed by atoms with Crippen molar-refractivity contribution in [3.05, 3.63) is 23.9 Å². The molecule has 86 valence electrons. The number of fused-ring (bicyclic) bond motifs is 1. The molecule has 2 aromatic rings. The van der Waals surface area contributed by atoms with E-state index in [0.717, 1.165) is 16.6 Å². The van der Waals surface area contributed by atoms with E-state index in [1.165, 1.54) is 5.32 Å². The van der Waals surface area contributed by atoms with E-state index < -0.39 is 8.07 Å². The van der Waals surface area contributed by atoms with Gasteiger partial charge in [0.25, 0.3) is 0 Å². The molecular formula is C12H18N2OSi. The van der Waals surface area contributed by atoms with Crippen molar-refractivity contribution in [1.29, 1.82) is 0 Å². The van der Waals surface area contributed by atoms with Crippen LogP contribution in [0.4, 0.5) is 0 Å². The van der Waals surface area contributed by atoms with Crippen molar-refractivity contribution in [3.63, 3.8) is 0 Å². The number of hydrogen-bond donors (Lipinski definition) is 1. The molecule has 0 amide bonds. The quantitative estimate of drug-likeness (QED) is 0.802. The van der Waals surface area contributed by atoms with Gasteiger partial charge in [0.05, 0.1) is 14.7 Å². The minimum absolute atomic E-state index is 0.0998. The van der Waals surface area contributed by atoms with Gasteiger partial charge >= 0.3 is 0 Å². The van der Waals surface area contributed by atoms with Gasteiger partial charge in [-0.3, -0.25) is 0 Å². The number of hydrogen-bond acceptors (Lipinski definition) is 2. The molecule has 0 aliphatic heterocycles. The second-order valence-electron chi connectivity index (χ2n) is 5.17. The van der Waals surface area contributed by atoms with Crippen molar-refractivity contribution in [1.82, 2.24) is 9.55 Å². The van der Waals surface area contributed by atoms with Crippen molar-refractivity contribution in [2.45, 2.75) is 26.2 Å². The summed E-state index contributed by atoms with van der Waals surface area (Å²) in [5.41, 5.74) is 2.04. The molecule has 2 rings (SSSR count). The summed E-state index contributed by atoms with van der Waals surface area (Å²) < 4.78 is 2.15. The first-order valence-corrected chi connectivity index (χ1v) is 9.00. The van der Waals surface area contributed by atoms with E-state index in [2.05, 4.69) is 29.2 Å². The van der Waals surface area contributed by atoms with E-state index in [1.807, 2.05) is 19.2 Å². The Morgan fingerprint density at radius 1 is 1.38 bits per heavy atom. The summed E-state index contributed by atoms with van der Waals surface area (Å²) in [4.78, 5) is 4.40. The van der Waals surface area contributed by atoms with E-state index in [9.17, 15) is 5.11 Å². The maximum absolute atomic E-state index is 9.57. The molecule has 0 bridgehead atoms. The lowest BCUT2D eigenvalue weighted by atomic mass is 10.2. The van der Waals surface area contributed by atoms with Crippen molar-refractivity contribution in [2.75, 3.05) is 0 Å². The van der Waals surface area contributed by atoms with Crippen molar-refractivity contribution in [2.24, 2.45) is 7.05 Å². The van der Waals surface area contributed by atoms with Gasteiger partial charge in [0.15, 0.2) is 0 Å². The van der Waals surface area contributed by atoms with Crippen LogP contribution in [-0.4, -0.2) is 22.7 Å². The Morgan fingerprint density at radius 3 is 2.62 bits per heavy atom. The van der Waals surface area contributed by atoms with Crippen LogP contribution in [0.2, 0.25) is 19.6 Å². The van der Waals surface area contributed by atoms with E-state index in [-0.39, 0.29) is 6.61 Å². The molecule has 0 aliphatic carbocycles. The molecule has 2 aromatic heterocycles. The summed E-state index contributed by atoms with van der Waals surface area (Å²) in [5, 5.41) is 12.0. The van der Waals surface area contributed by atoms with Gasteiger partial charge < -0.3 is 9.67 Å². The Morgan fingerprint density at radius 2 is 2.06 bits per heavy atom. The van der Waals surface area contributed by atoms with Crippen molar-refractivity contribution < 1.29 is 5.11 Å². The fraction of sp³-hybridized carbons (Fsp3) is 0.417. The Hall–Kier alpha value is -1.13. The highest BCUT2D eigenvalue weighted by atomic mass is 28.3. The molecule has 0 radical (unpaired) electrons. The van der Waals surface area contributed by atoms with Crippen LogP contribution >= 0.6 is 0 Å². The standard InChI is InChI=1S/C12H18N2OSi/c1-14-11-9(6-5-7-13-11)10(8-15)12(14)16(2,3)4/h5-7,15H,8H2,1-4H3. The molecule has 3 nitrogen and oxygen atoms in total. The molecule has 2 heterocycles. The van der Waals surface area contributed by atoms with Crippen LogP contribution in [0.1, 0.15) is 5.56 Å². The predicted molar refractivity (Wildman–Crippen MR) is 69.6 cm³/mol. The van der Waals surface area contributed by atoms with Gasteiger partial charge in [-0.15, -0.1) is 0 Å². The Balaban J connectivity index is 2.87. The molecule has 0 atom stereocenters. The normalized spacial score (nSPS) is 12.3. The monoisotopic (exact) mass is 234 g/mol. The van der Waals surface area contributed by atoms with E-state index in [0.29, 0.717) is 0 Å². The molecule has 0 fully saturated rings. The smallest absolute Gasteiger partial charge is 0.139 e. The number of aryl methyl sites for hydroxylation is 1. The van der Waals surface area contributed by atoms with Gasteiger partial charge in [0, 0.05) is 29.5 Å². The zero-order valence-corrected chi connectivity index (χ0v) is 11.3. The first kappa shape index (κ1) is 11.4. The van der Waals surface area contributed by atoms with Gasteiger partial charge in [-0.25, -0.2) is 4.98 Å². The van der Waals surface area contributed by atoms with Crippen LogP contribution in [-0.2, 0) is 13.7 Å². The van der Waals surface area contributed by atoms with E-state index in [1.54, 1.807) is 6.20 Å². The number of aliphatic hydroxyl groups excluding tert-OH is 1. The predicted octanol–water partition coefficient (Wildman–Crippen LogP) is 1.61. The molecule has 0 unspecified atom stereocenters. The molecular weight excluding hydrogens is 216 g/mol. The first-order chi connectivity index (χ1) is 7.46. The van der Waals surface area contributed by atoms with Gasteiger partial charge in [-0.2, -0.15) is 0 Å². The third kappa shape index (κ3) is 1.58. The number of nitrogens with zero attached hydrogens (tertiary/aromatic N) is 2. The fourth-order valence-corrected chi connectivity index (χ4v) is 4.68. The SMILES string of the molecule is Cn1c([Si](C)(C)C)c(CO)c2cccnc21. The van der Waals surface area contributed by atoms with Crippen molar-refractivity contribution >= 4 is 24.4 Å². The van der Waals surface area contributed by atoms with Crippen LogP contribution in [0.5, 0.6) is 0 Å². The first-order valence-electron chi connectivity index (χ1n) is 5.50. The topological polar surface area (TPSA) is 38.0 Å². The molecule has 0 spiro atoms. The Labute approximate surface area is 96.8 Å². The van der Waals surface area contributed by atoms with Gasteiger partial charge in [-0.05, 0) is 12.1 Å². The molecule has 16 heavy (non-hydrogen) atoms. The minimum Gasteiger partial charge on any atom is -0.392 e. The average Bonchev–Trinajstić information content (AvgIpc) is 2.51. The molecule has 0 aromatic carbocycles. The third-order valence-corrected chi connectivity index (χ3v) is 4.98. The number of aliphatic hydroxyl groups is 1. The fourth-order valence-electron chi connectivity index (χ4n) is 2.45. The summed E-state index contributed by atoms with van der Waals surface area (Å²) in [7, 11) is 0.580. The summed E-state index contributed by atoms with van der Waals surface area (Å²) in [6.07, 6.45) is 1.80. The highest BCUT2D eigenvalue weighted by Gasteiger charge is 2.26. The summed E-state index contributed by atoms with van der Waals surface area (Å²) in [6, 6.07) is 3.97. The van der Waals surface area contributed by atoms with Crippen LogP contribution in [0, 0.1) is 0 Å². The number of aromatic nitrogens is 2. The van der Waals surface area contributed by atoms with Crippen LogP contribution < -0.4 is 5.32 Å². The lowest BCUT2D eigenvalue weighted by Crippen LogP contribution is -2.44. The van der Waals surface area contributed by atoms with E-state index in [4.69, 9.17) is 0 Å². The lowest BCUT2D eigenvalue weighted by Gasteiger charge is -2.19. The second-order valence-corrected chi connectivity index (χ2v) is 10.1. The largest absolute Gasteiger partial charge is 0.392 e. The molecule has 0 aliphatic rings. The third-order valence-electron chi connectivity index (χ3n) is 2.92. The Bertz CT molecular complexity index is 526. The summed E-state index contributed by atoms with van der Waals surface area (Å²) >= 11 is 0.